The molecule has 0 spiro atoms. The molecule has 20 atom stereocenters. The zero-order chi connectivity index (χ0) is 91.1. The number of ether oxygens (including phenoxy) is 13. The van der Waals surface area contributed by atoms with Crippen molar-refractivity contribution in [3.63, 3.8) is 0 Å². The Kier molecular flexibility index (Phi) is 40.1. The van der Waals surface area contributed by atoms with Crippen LogP contribution in [0.25, 0.3) is 0 Å². The van der Waals surface area contributed by atoms with E-state index in [1.807, 2.05) is 76.2 Å². The molecule has 0 radical (unpaired) electrons. The summed E-state index contributed by atoms with van der Waals surface area (Å²) in [5.41, 5.74) is 8.74. The summed E-state index contributed by atoms with van der Waals surface area (Å²) >= 11 is 0. The molecule has 126 heavy (non-hydrogen) atoms. The summed E-state index contributed by atoms with van der Waals surface area (Å²) in [4.78, 5) is 90.2. The Morgan fingerprint density at radius 1 is 0.373 bits per heavy atom. The molecule has 8 aliphatic carbocycles. The van der Waals surface area contributed by atoms with Gasteiger partial charge in [-0.1, -0.05) is 76.2 Å². The largest absolute Gasteiger partial charge is 0.508 e. The molecule has 30 nitrogen and oxygen atoms in total. The molecule has 12 rings (SSSR count). The molecule has 4 aromatic rings. The molecule has 0 heterocycles. The minimum absolute atomic E-state index is 0.0338. The molecule has 0 amide bonds. The summed E-state index contributed by atoms with van der Waals surface area (Å²) in [5, 5.41) is 87.4. The van der Waals surface area contributed by atoms with Crippen LogP contribution in [-0.4, -0.2) is 230 Å². The summed E-state index contributed by atoms with van der Waals surface area (Å²) in [6, 6.07) is 22.9. The van der Waals surface area contributed by atoms with Crippen LogP contribution in [0.15, 0.2) is 72.8 Å². The van der Waals surface area contributed by atoms with Crippen LogP contribution in [0.3, 0.4) is 0 Å². The second-order valence-electron chi connectivity index (χ2n) is 34.1. The van der Waals surface area contributed by atoms with Gasteiger partial charge < -0.3 is 108 Å². The van der Waals surface area contributed by atoms with Crippen molar-refractivity contribution in [2.75, 3.05) is 79.9 Å². The summed E-state index contributed by atoms with van der Waals surface area (Å²) in [6.07, 6.45) is 7.66. The van der Waals surface area contributed by atoms with Gasteiger partial charge in [0.15, 0.2) is 33.0 Å². The SMILES string of the molecule is CC[C@@H](CC[C@@H]1[C@H]2Cc3cccc(OCC(=O)O)c3C[C@H]2C[C@H]1O)OC(=O)OCC(F)F.CC[C@@H](CC[C@@H]1[C@H]2Cc3cccc(OCC(=O)O)c3C[C@H]2C[C@H]1O)OC(=O)OCCF.CC[C@@H](CC[C@@H]1[C@H]2Cc3cccc(OCC(=O)O)c3C[C@H]2C[C@H]1O)OC(=O)OCCO.CC[C@@H](CC[C@@H]1[C@H]2Cc3cccc(OCC(=O)O)c3C[C@H]2C[C@H]1O)OC(=O)OCCOC. The average Bonchev–Trinajstić information content (AvgIpc) is 1.62. The minimum atomic E-state index is -2.74. The van der Waals surface area contributed by atoms with E-state index in [1.165, 1.54) is 12.7 Å². The molecule has 0 unspecified atom stereocenters. The lowest BCUT2D eigenvalue weighted by atomic mass is 9.73. The topological polar surface area (TPSA) is 439 Å². The highest BCUT2D eigenvalue weighted by Crippen LogP contribution is 2.53. The van der Waals surface area contributed by atoms with E-state index in [2.05, 4.69) is 21.6 Å². The van der Waals surface area contributed by atoms with Gasteiger partial charge in [-0.25, -0.2) is 51.5 Å². The maximum absolute atomic E-state index is 12.2. The van der Waals surface area contributed by atoms with Crippen LogP contribution >= 0.6 is 0 Å². The molecule has 4 aromatic carbocycles. The first-order valence-corrected chi connectivity index (χ1v) is 44.4. The van der Waals surface area contributed by atoms with Gasteiger partial charge in [-0.15, -0.1) is 0 Å². The molecule has 9 N–H and O–H groups in total. The van der Waals surface area contributed by atoms with Crippen molar-refractivity contribution in [2.24, 2.45) is 71.0 Å². The van der Waals surface area contributed by atoms with Gasteiger partial charge in [0.05, 0.1) is 37.6 Å². The summed E-state index contributed by atoms with van der Waals surface area (Å²) in [6.45, 7) is 4.29. The molecule has 8 aliphatic rings. The van der Waals surface area contributed by atoms with Gasteiger partial charge in [-0.05, 0) is 294 Å². The normalized spacial score (nSPS) is 25.1. The minimum Gasteiger partial charge on any atom is -0.482 e. The van der Waals surface area contributed by atoms with Crippen LogP contribution in [-0.2, 0) is 113 Å². The highest BCUT2D eigenvalue weighted by atomic mass is 19.3. The Hall–Kier alpha value is -9.41. The van der Waals surface area contributed by atoms with Crippen LogP contribution in [0.1, 0.15) is 175 Å². The maximum atomic E-state index is 12.2. The Bertz CT molecular complexity index is 4020. The Labute approximate surface area is 732 Å². The summed E-state index contributed by atoms with van der Waals surface area (Å²) in [7, 11) is 1.54. The van der Waals surface area contributed by atoms with Crippen molar-refractivity contribution in [1.82, 2.24) is 0 Å². The first-order valence-electron chi connectivity index (χ1n) is 44.4. The molecule has 700 valence electrons. The molecular weight excluding hydrogens is 1650 g/mol. The van der Waals surface area contributed by atoms with Crippen LogP contribution in [0.4, 0.5) is 32.3 Å². The van der Waals surface area contributed by atoms with Crippen LogP contribution in [0.5, 0.6) is 23.0 Å². The van der Waals surface area contributed by atoms with E-state index in [0.29, 0.717) is 142 Å². The summed E-state index contributed by atoms with van der Waals surface area (Å²) < 4.78 is 103. The maximum Gasteiger partial charge on any atom is 0.508 e. The lowest BCUT2D eigenvalue weighted by Crippen LogP contribution is -2.29. The Balaban J connectivity index is 0.000000190. The number of carbonyl (C=O) groups excluding carboxylic acids is 4. The first kappa shape index (κ1) is 100. The molecule has 0 aliphatic heterocycles. The fraction of sp³-hybridized carbons (Fsp3) is 0.656. The van der Waals surface area contributed by atoms with E-state index in [0.717, 1.165) is 116 Å². The molecule has 4 fully saturated rings. The van der Waals surface area contributed by atoms with E-state index in [4.69, 9.17) is 77.6 Å². The van der Waals surface area contributed by atoms with Crippen LogP contribution in [0.2, 0.25) is 0 Å². The lowest BCUT2D eigenvalue weighted by molar-refractivity contribution is -0.140. The second-order valence-corrected chi connectivity index (χ2v) is 34.1. The van der Waals surface area contributed by atoms with E-state index in [1.54, 1.807) is 12.1 Å². The number of benzene rings is 4. The third-order valence-electron chi connectivity index (χ3n) is 26.4. The molecule has 4 saturated carbocycles. The molecule has 0 bridgehead atoms. The van der Waals surface area contributed by atoms with Crippen molar-refractivity contribution in [3.8, 4) is 23.0 Å². The predicted molar refractivity (Wildman–Crippen MR) is 446 cm³/mol. The Morgan fingerprint density at radius 2 is 0.635 bits per heavy atom. The quantitative estimate of drug-likeness (QED) is 0.0113. The predicted octanol–water partition coefficient (Wildman–Crippen LogP) is 13.2. The number of hydrogen-bond acceptors (Lipinski definition) is 26. The van der Waals surface area contributed by atoms with Gasteiger partial charge in [-0.2, -0.15) is 0 Å². The Morgan fingerprint density at radius 3 is 0.873 bits per heavy atom. The number of rotatable bonds is 41. The number of aliphatic hydroxyl groups is 5. The van der Waals surface area contributed by atoms with Crippen molar-refractivity contribution in [1.29, 1.82) is 0 Å². The number of fused-ring (bicyclic) bond motifs is 8. The monoisotopic (exact) mass is 1780 g/mol. The van der Waals surface area contributed by atoms with Crippen molar-refractivity contribution < 1.29 is 159 Å². The lowest BCUT2D eigenvalue weighted by Gasteiger charge is -2.32. The van der Waals surface area contributed by atoms with Crippen LogP contribution < -0.4 is 18.9 Å². The number of carboxylic acids is 4. The molecule has 0 saturated heterocycles. The molecule has 33 heteroatoms. The fourth-order valence-corrected chi connectivity index (χ4v) is 20.5. The average molecular weight is 1780 g/mol. The van der Waals surface area contributed by atoms with E-state index in [-0.39, 0.29) is 100 Å². The first-order chi connectivity index (χ1) is 60.5. The number of alkyl halides is 3. The number of aliphatic carboxylic acids is 4. The molecular formula is C93H127F3O30. The summed E-state index contributed by atoms with van der Waals surface area (Å²) in [5.74, 6) is 1.26. The van der Waals surface area contributed by atoms with E-state index < -0.39 is 105 Å². The number of hydrogen-bond donors (Lipinski definition) is 9. The van der Waals surface area contributed by atoms with Gasteiger partial charge in [0.1, 0.15) is 73.9 Å². The van der Waals surface area contributed by atoms with Gasteiger partial charge in [0.25, 0.3) is 6.43 Å². The number of carbonyl (C=O) groups is 8. The zero-order valence-corrected chi connectivity index (χ0v) is 72.5. The highest BCUT2D eigenvalue weighted by molar-refractivity contribution is 5.70. The van der Waals surface area contributed by atoms with Crippen molar-refractivity contribution >= 4 is 48.5 Å². The zero-order valence-electron chi connectivity index (χ0n) is 72.5. The number of halogens is 3. The van der Waals surface area contributed by atoms with Gasteiger partial charge in [0.2, 0.25) is 0 Å². The van der Waals surface area contributed by atoms with Crippen molar-refractivity contribution in [3.05, 3.63) is 117 Å². The smallest absolute Gasteiger partial charge is 0.482 e. The number of aliphatic hydroxyl groups excluding tert-OH is 5. The third kappa shape index (κ3) is 29.3. The van der Waals surface area contributed by atoms with Crippen LogP contribution in [0, 0.1) is 71.0 Å². The second kappa shape index (κ2) is 50.4. The van der Waals surface area contributed by atoms with Crippen molar-refractivity contribution in [2.45, 2.75) is 237 Å². The molecule has 0 aromatic heterocycles. The van der Waals surface area contributed by atoms with Gasteiger partial charge >= 0.3 is 48.5 Å². The van der Waals surface area contributed by atoms with Gasteiger partial charge in [0, 0.05) is 7.11 Å². The van der Waals surface area contributed by atoms with Gasteiger partial charge in [-0.3, -0.25) is 0 Å². The number of methoxy groups -OCH3 is 1. The van der Waals surface area contributed by atoms with E-state index in [9.17, 15) is 72.0 Å². The number of carboxylic acid groups (broad SMARTS) is 4. The third-order valence-corrected chi connectivity index (χ3v) is 26.4. The van der Waals surface area contributed by atoms with E-state index >= 15 is 0 Å². The standard InChI is InChI=1S/C24H34O8.C23H30F2O7.C23H31FO7.C23H32O8/c1-3-17(32-24(28)30-10-9-29-2)7-8-18-19-11-15-5-4-6-22(31-14-23(26)27)20(15)12-16(19)13-21(18)25;1-2-15(32-23(29)31-11-21(24)25)6-7-16-17-8-13-4-3-5-20(30-12-22(27)28)18(13)9-14(17)10-19(16)26;2*1-2-16(31-23(28)29-9-8-24)6-7-17-18-10-14-4-3-5-21(30-13-22(26)27)19(14)11-15(18)12-20(17)25/h4-6,16-19,21,25H,3,7-14H2,1-2H3,(H,26,27);3-5,14-17,19,21,26H,2,6-12H2,1H3,(H,27,28);3-5,15-18,20,25H,2,6-13H2,1H3,(H,26,27);3-5,15-18,20,24-25H,2,6-13H2,1H3,(H,26,27)/t16-,17-,18+,19-,21+;14-,15-,16+,17-,19+;2*15-,16-,17+,18-,20+/m0000/s1. The fourth-order valence-electron chi connectivity index (χ4n) is 20.5. The highest BCUT2D eigenvalue weighted by Gasteiger charge is 2.50.